The summed E-state index contributed by atoms with van der Waals surface area (Å²) in [4.78, 5) is 50.0. The van der Waals surface area contributed by atoms with E-state index in [4.69, 9.17) is 18.7 Å². The molecule has 1 amide bonds. The Morgan fingerprint density at radius 1 is 1.04 bits per heavy atom. The lowest BCUT2D eigenvalue weighted by Crippen LogP contribution is -2.48. The average Bonchev–Trinajstić information content (AvgIpc) is 3.71. The van der Waals surface area contributed by atoms with Gasteiger partial charge in [-0.05, 0) is 58.1 Å². The van der Waals surface area contributed by atoms with Crippen LogP contribution in [0.2, 0.25) is 0 Å². The molecular formula is C33H29BrN4O7. The van der Waals surface area contributed by atoms with E-state index in [0.29, 0.717) is 11.3 Å². The molecule has 3 aliphatic rings. The fourth-order valence-electron chi connectivity index (χ4n) is 6.31. The molecule has 230 valence electrons. The molecule has 3 aromatic carbocycles. The number of methoxy groups -OCH3 is 1. The number of ether oxygens (including phenoxy) is 2. The zero-order valence-corrected chi connectivity index (χ0v) is 26.1. The van der Waals surface area contributed by atoms with Crippen LogP contribution in [0.25, 0.3) is 0 Å². The van der Waals surface area contributed by atoms with E-state index in [2.05, 4.69) is 37.0 Å². The van der Waals surface area contributed by atoms with E-state index in [1.807, 2.05) is 50.2 Å². The van der Waals surface area contributed by atoms with E-state index in [0.717, 1.165) is 26.9 Å². The number of esters is 1. The second-order valence-corrected chi connectivity index (χ2v) is 12.4. The predicted octanol–water partition coefficient (Wildman–Crippen LogP) is 4.80. The maximum absolute atomic E-state index is 13.8. The summed E-state index contributed by atoms with van der Waals surface area (Å²) in [7, 11) is 1.28. The Morgan fingerprint density at radius 3 is 2.60 bits per heavy atom. The molecule has 12 heteroatoms. The van der Waals surface area contributed by atoms with Gasteiger partial charge in [-0.3, -0.25) is 4.79 Å². The summed E-state index contributed by atoms with van der Waals surface area (Å²) in [6.45, 7) is 3.81. The number of benzene rings is 3. The van der Waals surface area contributed by atoms with Crippen molar-refractivity contribution >= 4 is 39.5 Å². The number of nitrogens with zero attached hydrogens (tertiary/aromatic N) is 1. The molecule has 11 nitrogen and oxygen atoms in total. The quantitative estimate of drug-likeness (QED) is 0.200. The number of oxazole rings is 1. The molecule has 0 fully saturated rings. The molecule has 0 aliphatic carbocycles. The Kier molecular flexibility index (Phi) is 7.13. The molecule has 0 radical (unpaired) electrons. The van der Waals surface area contributed by atoms with Gasteiger partial charge in [0.05, 0.1) is 18.4 Å². The summed E-state index contributed by atoms with van der Waals surface area (Å²) in [5.74, 6) is -0.994. The lowest BCUT2D eigenvalue weighted by Gasteiger charge is -2.28. The van der Waals surface area contributed by atoms with Crippen molar-refractivity contribution in [1.29, 1.82) is 0 Å². The second kappa shape index (κ2) is 11.0. The van der Waals surface area contributed by atoms with Crippen molar-refractivity contribution in [3.05, 3.63) is 111 Å². The first kappa shape index (κ1) is 29.1. The van der Waals surface area contributed by atoms with Crippen LogP contribution in [-0.2, 0) is 26.2 Å². The summed E-state index contributed by atoms with van der Waals surface area (Å²) >= 11 is 3.66. The molecule has 0 saturated carbocycles. The monoisotopic (exact) mass is 672 g/mol. The fraction of sp³-hybridized carbons (Fsp3) is 0.273. The molecule has 1 aromatic heterocycles. The number of amides is 1. The molecule has 7 rings (SSSR count). The maximum Gasteiger partial charge on any atom is 0.360 e. The van der Waals surface area contributed by atoms with Crippen LogP contribution in [0.3, 0.4) is 0 Å². The summed E-state index contributed by atoms with van der Waals surface area (Å²) < 4.78 is 19.1. The summed E-state index contributed by atoms with van der Waals surface area (Å²) in [6, 6.07) is 18.2. The minimum absolute atomic E-state index is 0.0143. The van der Waals surface area contributed by atoms with Crippen LogP contribution in [0.4, 0.5) is 5.69 Å². The van der Waals surface area contributed by atoms with Gasteiger partial charge in [0.25, 0.3) is 0 Å². The number of rotatable bonds is 5. The van der Waals surface area contributed by atoms with Crippen molar-refractivity contribution in [2.75, 3.05) is 12.4 Å². The Morgan fingerprint density at radius 2 is 1.84 bits per heavy atom. The number of carbonyl (C=O) groups is 3. The van der Waals surface area contributed by atoms with Crippen LogP contribution in [0.15, 0.2) is 75.6 Å². The van der Waals surface area contributed by atoms with Gasteiger partial charge < -0.3 is 29.4 Å². The highest BCUT2D eigenvalue weighted by atomic mass is 79.9. The first-order valence-electron chi connectivity index (χ1n) is 14.5. The van der Waals surface area contributed by atoms with Crippen molar-refractivity contribution in [3.63, 3.8) is 0 Å². The minimum atomic E-state index is -1.13. The summed E-state index contributed by atoms with van der Waals surface area (Å²) in [5.41, 5.74) is 4.98. The molecule has 45 heavy (non-hydrogen) atoms. The number of anilines is 1. The molecule has 3 unspecified atom stereocenters. The molecular weight excluding hydrogens is 644 g/mol. The van der Waals surface area contributed by atoms with E-state index < -0.39 is 41.6 Å². The highest BCUT2D eigenvalue weighted by molar-refractivity contribution is 9.10. The SMILES string of the molecule is COC(=O)c1nc2oc1C13c4cc(ccc4OC1Nc1c(Br)cccc13)CC(NOC(=O)c1ccccc1)C(=O)N[C@H]2C(C)C. The number of nitrogens with one attached hydrogen (secondary N) is 3. The largest absolute Gasteiger partial charge is 0.469 e. The molecule has 4 heterocycles. The number of halogens is 1. The van der Waals surface area contributed by atoms with Crippen molar-refractivity contribution in [1.82, 2.24) is 15.8 Å². The normalized spacial score (nSPS) is 22.6. The fourth-order valence-corrected chi connectivity index (χ4v) is 6.79. The maximum atomic E-state index is 13.8. The zero-order chi connectivity index (χ0) is 31.5. The Balaban J connectivity index is 1.41. The number of hydroxylamine groups is 1. The van der Waals surface area contributed by atoms with Crippen LogP contribution in [0, 0.1) is 5.92 Å². The molecule has 0 saturated heterocycles. The predicted molar refractivity (Wildman–Crippen MR) is 165 cm³/mol. The van der Waals surface area contributed by atoms with E-state index in [1.165, 1.54) is 7.11 Å². The Bertz CT molecular complexity index is 1840. The Labute approximate surface area is 266 Å². The third-order valence-electron chi connectivity index (χ3n) is 8.49. The number of fused-ring (bicyclic) bond motifs is 4. The number of carbonyl (C=O) groups excluding carboxylic acids is 3. The summed E-state index contributed by atoms with van der Waals surface area (Å²) in [6.07, 6.45) is -0.515. The lowest BCUT2D eigenvalue weighted by molar-refractivity contribution is -0.127. The van der Waals surface area contributed by atoms with Crippen LogP contribution in [0.5, 0.6) is 5.75 Å². The first-order valence-corrected chi connectivity index (χ1v) is 15.3. The van der Waals surface area contributed by atoms with Crippen LogP contribution < -0.4 is 20.9 Å². The number of hydrogen-bond donors (Lipinski definition) is 3. The molecule has 4 atom stereocenters. The molecule has 4 bridgehead atoms. The number of para-hydroxylation sites is 1. The van der Waals surface area contributed by atoms with Crippen LogP contribution in [-0.4, -0.2) is 42.2 Å². The topological polar surface area (TPSA) is 141 Å². The Hall–Kier alpha value is -4.68. The second-order valence-electron chi connectivity index (χ2n) is 11.5. The van der Waals surface area contributed by atoms with Crippen molar-refractivity contribution in [2.45, 2.75) is 44.0 Å². The van der Waals surface area contributed by atoms with Gasteiger partial charge in [0.1, 0.15) is 23.2 Å². The first-order chi connectivity index (χ1) is 21.7. The van der Waals surface area contributed by atoms with Gasteiger partial charge in [0.15, 0.2) is 17.7 Å². The van der Waals surface area contributed by atoms with E-state index in [9.17, 15) is 14.4 Å². The molecule has 4 aromatic rings. The zero-order valence-electron chi connectivity index (χ0n) is 24.6. The van der Waals surface area contributed by atoms with Gasteiger partial charge in [-0.1, -0.05) is 56.3 Å². The third-order valence-corrected chi connectivity index (χ3v) is 9.15. The highest BCUT2D eigenvalue weighted by Crippen LogP contribution is 2.59. The van der Waals surface area contributed by atoms with E-state index in [-0.39, 0.29) is 29.7 Å². The van der Waals surface area contributed by atoms with Gasteiger partial charge in [0, 0.05) is 15.6 Å². The lowest BCUT2D eigenvalue weighted by atomic mass is 9.72. The summed E-state index contributed by atoms with van der Waals surface area (Å²) in [5, 5.41) is 6.49. The van der Waals surface area contributed by atoms with E-state index in [1.54, 1.807) is 30.3 Å². The van der Waals surface area contributed by atoms with Crippen molar-refractivity contribution in [3.8, 4) is 5.75 Å². The molecule has 3 aliphatic heterocycles. The number of hydrogen-bond acceptors (Lipinski definition) is 10. The van der Waals surface area contributed by atoms with Gasteiger partial charge in [-0.25, -0.2) is 14.6 Å². The highest BCUT2D eigenvalue weighted by Gasteiger charge is 2.61. The standard InChI is InChI=1S/C33H29BrN4O7/c1-16(2)24-29-36-26(31(41)42-3)27(44-29)33-19-10-7-11-21(34)25(19)37-32(33)43-23-13-12-17(14-20(23)33)15-22(28(39)35-24)38-45-30(40)18-8-5-4-6-9-18/h4-14,16,22,24,32,37-38H,15H2,1-3H3,(H,35,39)/t22?,24-,32?,33?/m0/s1. The van der Waals surface area contributed by atoms with Crippen LogP contribution in [0.1, 0.15) is 69.1 Å². The van der Waals surface area contributed by atoms with Crippen molar-refractivity contribution < 1.29 is 33.1 Å². The third kappa shape index (κ3) is 4.58. The minimum Gasteiger partial charge on any atom is -0.469 e. The van der Waals surface area contributed by atoms with Gasteiger partial charge in [0.2, 0.25) is 11.8 Å². The molecule has 3 N–H and O–H groups in total. The van der Waals surface area contributed by atoms with Crippen molar-refractivity contribution in [2.24, 2.45) is 5.92 Å². The van der Waals surface area contributed by atoms with Gasteiger partial charge in [-0.2, -0.15) is 0 Å². The average molecular weight is 674 g/mol. The smallest absolute Gasteiger partial charge is 0.360 e. The van der Waals surface area contributed by atoms with Crippen LogP contribution >= 0.6 is 15.9 Å². The van der Waals surface area contributed by atoms with E-state index >= 15 is 0 Å². The molecule has 1 spiro atoms. The van der Waals surface area contributed by atoms with Gasteiger partial charge in [-0.15, -0.1) is 5.48 Å². The van der Waals surface area contributed by atoms with Gasteiger partial charge >= 0.3 is 11.9 Å². The number of aromatic nitrogens is 1.